The van der Waals surface area contributed by atoms with Gasteiger partial charge in [0.25, 0.3) is 0 Å². The van der Waals surface area contributed by atoms with Gasteiger partial charge < -0.3 is 11.1 Å². The van der Waals surface area contributed by atoms with E-state index in [1.54, 1.807) is 11.3 Å². The van der Waals surface area contributed by atoms with Gasteiger partial charge in [0.1, 0.15) is 10.7 Å². The van der Waals surface area contributed by atoms with E-state index in [1.807, 2.05) is 17.8 Å². The Balaban J connectivity index is 1.66. The lowest BCUT2D eigenvalue weighted by Crippen LogP contribution is -2.29. The standard InChI is InChI=1S/C21H27Cl2N3S2/c1-12-8-13(27-11-12)10-25-16-9-17(22)26-19-18(23)20(28-21(16)19)14-6-4-2-3-5-7-15(14)24/h8-9,12,14-15H,2-7,10-11,24H2,1H3,(H,25,26). The molecule has 3 unspecified atom stereocenters. The number of fused-ring (bicyclic) bond motifs is 1. The Morgan fingerprint density at radius 3 is 2.75 bits per heavy atom. The zero-order chi connectivity index (χ0) is 19.7. The highest BCUT2D eigenvalue weighted by molar-refractivity contribution is 8.03. The lowest BCUT2D eigenvalue weighted by atomic mass is 9.86. The van der Waals surface area contributed by atoms with Crippen molar-refractivity contribution in [3.05, 3.63) is 32.1 Å². The average molecular weight is 457 g/mol. The Bertz CT molecular complexity index is 880. The number of anilines is 1. The number of nitrogens with two attached hydrogens (primary N) is 1. The monoisotopic (exact) mass is 455 g/mol. The molecule has 0 aromatic carbocycles. The largest absolute Gasteiger partial charge is 0.379 e. The first-order valence-corrected chi connectivity index (χ1v) is 12.7. The molecule has 7 heteroatoms. The molecule has 2 aromatic heterocycles. The van der Waals surface area contributed by atoms with Gasteiger partial charge in [-0.25, -0.2) is 4.98 Å². The quantitative estimate of drug-likeness (QED) is 0.484. The number of aromatic nitrogens is 1. The summed E-state index contributed by atoms with van der Waals surface area (Å²) in [6, 6.07) is 2.08. The van der Waals surface area contributed by atoms with E-state index in [2.05, 4.69) is 23.3 Å². The summed E-state index contributed by atoms with van der Waals surface area (Å²) in [6.07, 6.45) is 9.52. The highest BCUT2D eigenvalue weighted by Crippen LogP contribution is 2.46. The maximum atomic E-state index is 6.83. The molecule has 3 nitrogen and oxygen atoms in total. The molecule has 28 heavy (non-hydrogen) atoms. The molecular formula is C21H27Cl2N3S2. The molecule has 0 bridgehead atoms. The molecule has 3 heterocycles. The summed E-state index contributed by atoms with van der Waals surface area (Å²) >= 11 is 16.8. The summed E-state index contributed by atoms with van der Waals surface area (Å²) in [4.78, 5) is 7.13. The molecule has 3 N–H and O–H groups in total. The van der Waals surface area contributed by atoms with Crippen LogP contribution in [0, 0.1) is 5.92 Å². The van der Waals surface area contributed by atoms with Crippen LogP contribution in [0.3, 0.4) is 0 Å². The van der Waals surface area contributed by atoms with Crippen LogP contribution in [0.25, 0.3) is 10.2 Å². The summed E-state index contributed by atoms with van der Waals surface area (Å²) in [5, 5.41) is 4.80. The third-order valence-corrected chi connectivity index (χ3v) is 9.07. The van der Waals surface area contributed by atoms with Gasteiger partial charge >= 0.3 is 0 Å². The molecule has 3 atom stereocenters. The average Bonchev–Trinajstić information content (AvgIpc) is 3.21. The van der Waals surface area contributed by atoms with Crippen LogP contribution < -0.4 is 11.1 Å². The van der Waals surface area contributed by atoms with Crippen molar-refractivity contribution < 1.29 is 0 Å². The first-order valence-electron chi connectivity index (χ1n) is 10.1. The van der Waals surface area contributed by atoms with Crippen molar-refractivity contribution >= 4 is 62.2 Å². The minimum atomic E-state index is 0.166. The maximum Gasteiger partial charge on any atom is 0.131 e. The predicted octanol–water partition coefficient (Wildman–Crippen LogP) is 7.05. The summed E-state index contributed by atoms with van der Waals surface area (Å²) in [5.41, 5.74) is 8.40. The fourth-order valence-electron chi connectivity index (χ4n) is 4.18. The van der Waals surface area contributed by atoms with Crippen molar-refractivity contribution in [1.29, 1.82) is 0 Å². The number of rotatable bonds is 4. The second-order valence-electron chi connectivity index (χ2n) is 7.99. The van der Waals surface area contributed by atoms with Crippen LogP contribution in [0.5, 0.6) is 0 Å². The molecule has 0 saturated heterocycles. The molecule has 1 fully saturated rings. The molecule has 0 radical (unpaired) electrons. The van der Waals surface area contributed by atoms with Crippen LogP contribution in [-0.4, -0.2) is 23.3 Å². The third-order valence-electron chi connectivity index (χ3n) is 5.69. The number of pyridine rings is 1. The van der Waals surface area contributed by atoms with Gasteiger partial charge in [-0.1, -0.05) is 61.9 Å². The zero-order valence-corrected chi connectivity index (χ0v) is 19.3. The van der Waals surface area contributed by atoms with E-state index in [4.69, 9.17) is 28.9 Å². The molecule has 4 rings (SSSR count). The summed E-state index contributed by atoms with van der Waals surface area (Å²) in [5.74, 6) is 2.12. The molecular weight excluding hydrogens is 429 g/mol. The van der Waals surface area contributed by atoms with Gasteiger partial charge in [0, 0.05) is 40.1 Å². The first-order chi connectivity index (χ1) is 13.5. The number of nitrogens with zero attached hydrogens (tertiary/aromatic N) is 1. The second-order valence-corrected chi connectivity index (χ2v) is 11.0. The molecule has 0 amide bonds. The Morgan fingerprint density at radius 1 is 1.21 bits per heavy atom. The molecule has 2 aliphatic rings. The predicted molar refractivity (Wildman–Crippen MR) is 126 cm³/mol. The normalized spacial score (nSPS) is 26.1. The minimum Gasteiger partial charge on any atom is -0.379 e. The number of hydrogen-bond donors (Lipinski definition) is 2. The molecule has 1 aliphatic heterocycles. The molecule has 1 saturated carbocycles. The Kier molecular flexibility index (Phi) is 6.78. The number of halogens is 2. The summed E-state index contributed by atoms with van der Waals surface area (Å²) in [6.45, 7) is 3.07. The highest BCUT2D eigenvalue weighted by Gasteiger charge is 2.27. The van der Waals surface area contributed by atoms with Crippen molar-refractivity contribution in [1.82, 2.24) is 4.98 Å². The van der Waals surface area contributed by atoms with Crippen LogP contribution in [-0.2, 0) is 0 Å². The molecule has 1 aliphatic carbocycles. The van der Waals surface area contributed by atoms with Gasteiger partial charge in [0.05, 0.1) is 15.4 Å². The van der Waals surface area contributed by atoms with Crippen molar-refractivity contribution in [2.24, 2.45) is 11.7 Å². The minimum absolute atomic E-state index is 0.166. The van der Waals surface area contributed by atoms with Crippen LogP contribution in [0.15, 0.2) is 17.0 Å². The van der Waals surface area contributed by atoms with E-state index in [0.29, 0.717) is 17.0 Å². The SMILES string of the molecule is CC1C=C(CNc2cc(Cl)nc3c(Cl)c(C4CCCCCCC4N)sc23)SC1. The van der Waals surface area contributed by atoms with E-state index in [9.17, 15) is 0 Å². The van der Waals surface area contributed by atoms with E-state index < -0.39 is 0 Å². The molecule has 0 spiro atoms. The van der Waals surface area contributed by atoms with E-state index in [0.717, 1.165) is 46.1 Å². The van der Waals surface area contributed by atoms with Crippen LogP contribution >= 0.6 is 46.3 Å². The van der Waals surface area contributed by atoms with Gasteiger partial charge in [0.15, 0.2) is 0 Å². The topological polar surface area (TPSA) is 50.9 Å². The molecule has 2 aromatic rings. The second kappa shape index (κ2) is 9.13. The van der Waals surface area contributed by atoms with Gasteiger partial charge in [-0.3, -0.25) is 0 Å². The van der Waals surface area contributed by atoms with Crippen LogP contribution in [0.4, 0.5) is 5.69 Å². The number of thiophene rings is 1. The summed E-state index contributed by atoms with van der Waals surface area (Å²) < 4.78 is 1.09. The summed E-state index contributed by atoms with van der Waals surface area (Å²) in [7, 11) is 0. The number of allylic oxidation sites excluding steroid dienone is 1. The maximum absolute atomic E-state index is 6.83. The van der Waals surface area contributed by atoms with Crippen LogP contribution in [0.1, 0.15) is 56.2 Å². The van der Waals surface area contributed by atoms with Gasteiger partial charge in [-0.15, -0.1) is 23.1 Å². The number of hydrogen-bond acceptors (Lipinski definition) is 5. The Hall–Kier alpha value is -0.460. The smallest absolute Gasteiger partial charge is 0.131 e. The fourth-order valence-corrected chi connectivity index (χ4v) is 7.23. The van der Waals surface area contributed by atoms with Crippen molar-refractivity contribution in [3.8, 4) is 0 Å². The van der Waals surface area contributed by atoms with Crippen LogP contribution in [0.2, 0.25) is 10.2 Å². The van der Waals surface area contributed by atoms with Crippen molar-refractivity contribution in [2.45, 2.75) is 57.4 Å². The Morgan fingerprint density at radius 2 is 2.00 bits per heavy atom. The highest BCUT2D eigenvalue weighted by atomic mass is 35.5. The van der Waals surface area contributed by atoms with E-state index >= 15 is 0 Å². The van der Waals surface area contributed by atoms with Crippen molar-refractivity contribution in [3.63, 3.8) is 0 Å². The third kappa shape index (κ3) is 4.49. The number of nitrogens with one attached hydrogen (secondary N) is 1. The fraction of sp³-hybridized carbons (Fsp3) is 0.571. The van der Waals surface area contributed by atoms with Crippen molar-refractivity contribution in [2.75, 3.05) is 17.6 Å². The van der Waals surface area contributed by atoms with E-state index in [1.165, 1.54) is 35.5 Å². The number of thioether (sulfide) groups is 1. The van der Waals surface area contributed by atoms with Gasteiger partial charge in [0.2, 0.25) is 0 Å². The zero-order valence-electron chi connectivity index (χ0n) is 16.1. The lowest BCUT2D eigenvalue weighted by molar-refractivity contribution is 0.408. The van der Waals surface area contributed by atoms with Gasteiger partial charge in [-0.05, 0) is 18.8 Å². The molecule has 152 valence electrons. The Labute approximate surface area is 185 Å². The lowest BCUT2D eigenvalue weighted by Gasteiger charge is -2.25. The van der Waals surface area contributed by atoms with Gasteiger partial charge in [-0.2, -0.15) is 0 Å². The first kappa shape index (κ1) is 20.8. The van der Waals surface area contributed by atoms with E-state index in [-0.39, 0.29) is 6.04 Å².